The van der Waals surface area contributed by atoms with Gasteiger partial charge in [0.1, 0.15) is 5.56 Å². The topological polar surface area (TPSA) is 84.2 Å². The van der Waals surface area contributed by atoms with Crippen LogP contribution in [0.1, 0.15) is 21.5 Å². The third kappa shape index (κ3) is 3.28. The second kappa shape index (κ2) is 6.21. The molecular formula is C15H17N3O3. The number of carboxylic acid groups (broad SMARTS) is 1. The summed E-state index contributed by atoms with van der Waals surface area (Å²) in [5, 5.41) is 12.3. The summed E-state index contributed by atoms with van der Waals surface area (Å²) in [6.07, 6.45) is 5.06. The van der Waals surface area contributed by atoms with Crippen molar-refractivity contribution in [3.8, 4) is 0 Å². The zero-order valence-electron chi connectivity index (χ0n) is 12.0. The number of aryl methyl sites for hydroxylation is 2. The molecule has 0 aliphatic rings. The first kappa shape index (κ1) is 14.8. The summed E-state index contributed by atoms with van der Waals surface area (Å²) in [5.41, 5.74) is 1.79. The van der Waals surface area contributed by atoms with Crippen LogP contribution in [0.15, 0.2) is 35.5 Å². The Balaban J connectivity index is 2.11. The van der Waals surface area contributed by atoms with E-state index in [1.807, 2.05) is 13.0 Å². The van der Waals surface area contributed by atoms with Crippen LogP contribution in [0.3, 0.4) is 0 Å². The zero-order valence-corrected chi connectivity index (χ0v) is 12.0. The molecule has 0 radical (unpaired) electrons. The van der Waals surface area contributed by atoms with E-state index in [1.165, 1.54) is 4.57 Å². The number of anilines is 1. The molecular weight excluding hydrogens is 270 g/mol. The van der Waals surface area contributed by atoms with Crippen molar-refractivity contribution < 1.29 is 9.90 Å². The van der Waals surface area contributed by atoms with E-state index in [4.69, 9.17) is 5.11 Å². The van der Waals surface area contributed by atoms with Gasteiger partial charge in [-0.2, -0.15) is 0 Å². The van der Waals surface area contributed by atoms with Crippen LogP contribution in [0.2, 0.25) is 0 Å². The Kier molecular flexibility index (Phi) is 4.37. The number of carbonyl (C=O) groups is 1. The predicted octanol–water partition coefficient (Wildman–Crippen LogP) is 1.67. The maximum atomic E-state index is 12.1. The molecule has 0 saturated carbocycles. The number of rotatable bonds is 5. The van der Waals surface area contributed by atoms with Crippen LogP contribution in [-0.4, -0.2) is 27.2 Å². The van der Waals surface area contributed by atoms with Gasteiger partial charge in [-0.25, -0.2) is 4.79 Å². The van der Waals surface area contributed by atoms with Crippen molar-refractivity contribution in [2.45, 2.75) is 20.4 Å². The Morgan fingerprint density at radius 1 is 1.33 bits per heavy atom. The van der Waals surface area contributed by atoms with Gasteiger partial charge in [-0.05, 0) is 37.1 Å². The molecule has 2 aromatic heterocycles. The fourth-order valence-corrected chi connectivity index (χ4v) is 2.08. The van der Waals surface area contributed by atoms with Crippen molar-refractivity contribution in [1.82, 2.24) is 9.55 Å². The van der Waals surface area contributed by atoms with Gasteiger partial charge in [0.2, 0.25) is 0 Å². The van der Waals surface area contributed by atoms with Crippen LogP contribution < -0.4 is 10.9 Å². The van der Waals surface area contributed by atoms with Gasteiger partial charge in [0.05, 0.1) is 0 Å². The Morgan fingerprint density at radius 3 is 2.76 bits per heavy atom. The molecule has 6 nitrogen and oxygen atoms in total. The molecule has 2 aromatic rings. The third-order valence-corrected chi connectivity index (χ3v) is 3.28. The summed E-state index contributed by atoms with van der Waals surface area (Å²) in [6, 6.07) is 3.50. The Labute approximate surface area is 122 Å². The fraction of sp³-hybridized carbons (Fsp3) is 0.267. The number of aromatic nitrogens is 2. The number of hydrogen-bond acceptors (Lipinski definition) is 4. The van der Waals surface area contributed by atoms with E-state index < -0.39 is 11.5 Å². The first-order valence-electron chi connectivity index (χ1n) is 6.58. The Hall–Kier alpha value is -2.63. The normalized spacial score (nSPS) is 10.4. The highest BCUT2D eigenvalue weighted by molar-refractivity contribution is 5.88. The molecule has 110 valence electrons. The SMILES string of the molecule is Cc1cnccc1NCCn1ccc(C)c(C(=O)O)c1=O. The Bertz CT molecular complexity index is 722. The van der Waals surface area contributed by atoms with Crippen molar-refractivity contribution in [1.29, 1.82) is 0 Å². The van der Waals surface area contributed by atoms with Crippen molar-refractivity contribution in [2.24, 2.45) is 0 Å². The molecule has 2 N–H and O–H groups in total. The molecule has 6 heteroatoms. The summed E-state index contributed by atoms with van der Waals surface area (Å²) < 4.78 is 1.40. The molecule has 0 bridgehead atoms. The smallest absolute Gasteiger partial charge is 0.341 e. The van der Waals surface area contributed by atoms with E-state index in [0.29, 0.717) is 18.7 Å². The molecule has 2 rings (SSSR count). The average molecular weight is 287 g/mol. The predicted molar refractivity (Wildman–Crippen MR) is 79.9 cm³/mol. The summed E-state index contributed by atoms with van der Waals surface area (Å²) in [4.78, 5) is 27.2. The van der Waals surface area contributed by atoms with Crippen molar-refractivity contribution in [2.75, 3.05) is 11.9 Å². The monoisotopic (exact) mass is 287 g/mol. The van der Waals surface area contributed by atoms with Crippen LogP contribution in [0, 0.1) is 13.8 Å². The minimum atomic E-state index is -1.19. The molecule has 0 spiro atoms. The van der Waals surface area contributed by atoms with Crippen LogP contribution in [0.4, 0.5) is 5.69 Å². The maximum absolute atomic E-state index is 12.1. The third-order valence-electron chi connectivity index (χ3n) is 3.28. The quantitative estimate of drug-likeness (QED) is 0.874. The first-order chi connectivity index (χ1) is 10.0. The standard InChI is InChI=1S/C15H17N3O3/c1-10-4-7-18(14(19)13(10)15(20)21)8-6-17-12-3-5-16-9-11(12)2/h3-5,7,9H,6,8H2,1-2H3,(H,16,17)(H,20,21). The summed E-state index contributed by atoms with van der Waals surface area (Å²) in [7, 11) is 0. The average Bonchev–Trinajstić information content (AvgIpc) is 2.43. The lowest BCUT2D eigenvalue weighted by Gasteiger charge is -2.11. The molecule has 0 unspecified atom stereocenters. The number of pyridine rings is 2. The van der Waals surface area contributed by atoms with Crippen molar-refractivity contribution in [3.63, 3.8) is 0 Å². The van der Waals surface area contributed by atoms with Crippen LogP contribution in [0.25, 0.3) is 0 Å². The molecule has 0 aliphatic heterocycles. The highest BCUT2D eigenvalue weighted by atomic mass is 16.4. The minimum Gasteiger partial charge on any atom is -0.477 e. The number of nitrogens with zero attached hydrogens (tertiary/aromatic N) is 2. The lowest BCUT2D eigenvalue weighted by molar-refractivity contribution is 0.0693. The lowest BCUT2D eigenvalue weighted by Crippen LogP contribution is -2.29. The molecule has 0 aromatic carbocycles. The van der Waals surface area contributed by atoms with Gasteiger partial charge in [0.15, 0.2) is 0 Å². The van der Waals surface area contributed by atoms with E-state index in [2.05, 4.69) is 10.3 Å². The number of hydrogen-bond donors (Lipinski definition) is 2. The molecule has 2 heterocycles. The van der Waals surface area contributed by atoms with Crippen molar-refractivity contribution in [3.05, 3.63) is 57.8 Å². The first-order valence-corrected chi connectivity index (χ1v) is 6.58. The van der Waals surface area contributed by atoms with E-state index in [9.17, 15) is 9.59 Å². The summed E-state index contributed by atoms with van der Waals surface area (Å²) in [6.45, 7) is 4.47. The largest absolute Gasteiger partial charge is 0.477 e. The van der Waals surface area contributed by atoms with Gasteiger partial charge in [0, 0.05) is 37.4 Å². The minimum absolute atomic E-state index is 0.169. The number of carboxylic acids is 1. The van der Waals surface area contributed by atoms with E-state index in [0.717, 1.165) is 11.3 Å². The van der Waals surface area contributed by atoms with Crippen LogP contribution in [-0.2, 0) is 6.54 Å². The summed E-state index contributed by atoms with van der Waals surface area (Å²) >= 11 is 0. The van der Waals surface area contributed by atoms with Crippen molar-refractivity contribution >= 4 is 11.7 Å². The van der Waals surface area contributed by atoms with E-state index >= 15 is 0 Å². The lowest BCUT2D eigenvalue weighted by atomic mass is 10.1. The fourth-order valence-electron chi connectivity index (χ4n) is 2.08. The van der Waals surface area contributed by atoms with E-state index in [1.54, 1.807) is 31.6 Å². The molecule has 0 amide bonds. The van der Waals surface area contributed by atoms with Crippen LogP contribution in [0.5, 0.6) is 0 Å². The second-order valence-electron chi connectivity index (χ2n) is 4.79. The van der Waals surface area contributed by atoms with Gasteiger partial charge >= 0.3 is 5.97 Å². The second-order valence-corrected chi connectivity index (χ2v) is 4.79. The molecule has 0 aliphatic carbocycles. The van der Waals surface area contributed by atoms with Gasteiger partial charge in [-0.3, -0.25) is 9.78 Å². The molecule has 0 saturated heterocycles. The van der Waals surface area contributed by atoms with E-state index in [-0.39, 0.29) is 5.56 Å². The van der Waals surface area contributed by atoms with Crippen LogP contribution >= 0.6 is 0 Å². The Morgan fingerprint density at radius 2 is 2.10 bits per heavy atom. The van der Waals surface area contributed by atoms with Gasteiger partial charge in [0.25, 0.3) is 5.56 Å². The maximum Gasteiger partial charge on any atom is 0.341 e. The summed E-state index contributed by atoms with van der Waals surface area (Å²) in [5.74, 6) is -1.19. The molecule has 0 fully saturated rings. The highest BCUT2D eigenvalue weighted by Crippen LogP contribution is 2.10. The zero-order chi connectivity index (χ0) is 15.4. The highest BCUT2D eigenvalue weighted by Gasteiger charge is 2.13. The number of aromatic carboxylic acids is 1. The van der Waals surface area contributed by atoms with Gasteiger partial charge in [-0.1, -0.05) is 0 Å². The number of nitrogens with one attached hydrogen (secondary N) is 1. The molecule has 21 heavy (non-hydrogen) atoms. The van der Waals surface area contributed by atoms with Gasteiger partial charge < -0.3 is 15.0 Å². The van der Waals surface area contributed by atoms with Gasteiger partial charge in [-0.15, -0.1) is 0 Å². The molecule has 0 atom stereocenters.